The monoisotopic (exact) mass is 488 g/mol. The molecule has 3 aromatic rings. The normalized spacial score (nSPS) is 12.6. The lowest BCUT2D eigenvalue weighted by atomic mass is 9.98. The summed E-state index contributed by atoms with van der Waals surface area (Å²) in [6.07, 6.45) is 1.50. The van der Waals surface area contributed by atoms with E-state index in [1.54, 1.807) is 0 Å². The van der Waals surface area contributed by atoms with Crippen molar-refractivity contribution in [3.8, 4) is 0 Å². The van der Waals surface area contributed by atoms with Crippen molar-refractivity contribution in [1.29, 1.82) is 0 Å². The molecule has 3 rings (SSSR count). The predicted octanol–water partition coefficient (Wildman–Crippen LogP) is 6.10. The Bertz CT molecular complexity index is 837. The molecule has 1 atom stereocenters. The van der Waals surface area contributed by atoms with E-state index in [1.165, 1.54) is 16.7 Å². The minimum absolute atomic E-state index is 0. The van der Waals surface area contributed by atoms with E-state index in [1.807, 2.05) is 18.2 Å². The maximum absolute atomic E-state index is 12.0. The van der Waals surface area contributed by atoms with Gasteiger partial charge in [-0.15, -0.1) is 24.8 Å². The molecule has 0 heterocycles. The number of rotatable bonds is 12. The first-order chi connectivity index (χ1) is 15.0. The van der Waals surface area contributed by atoms with Crippen molar-refractivity contribution >= 4 is 24.8 Å². The molecule has 0 aliphatic heterocycles. The van der Waals surface area contributed by atoms with Crippen molar-refractivity contribution in [1.82, 2.24) is 10.2 Å². The van der Waals surface area contributed by atoms with Gasteiger partial charge in [-0.1, -0.05) is 105 Å². The lowest BCUT2D eigenvalue weighted by Gasteiger charge is -2.41. The van der Waals surface area contributed by atoms with E-state index < -0.39 is 5.72 Å². The highest BCUT2D eigenvalue weighted by Gasteiger charge is 2.34. The fourth-order valence-electron chi connectivity index (χ4n) is 3.87. The number of nitrogens with one attached hydrogen (secondary N) is 1. The van der Waals surface area contributed by atoms with Crippen LogP contribution in [0.1, 0.15) is 37.0 Å². The first-order valence-corrected chi connectivity index (χ1v) is 11.3. The van der Waals surface area contributed by atoms with Crippen molar-refractivity contribution in [3.63, 3.8) is 0 Å². The van der Waals surface area contributed by atoms with Gasteiger partial charge in [-0.2, -0.15) is 0 Å². The number of aryl methyl sites for hydroxylation is 1. The van der Waals surface area contributed by atoms with Gasteiger partial charge in [0.2, 0.25) is 0 Å². The summed E-state index contributed by atoms with van der Waals surface area (Å²) in [5.74, 6) is 0.537. The number of hydrogen-bond donors (Lipinski definition) is 2. The molecule has 0 aromatic heterocycles. The highest BCUT2D eigenvalue weighted by molar-refractivity contribution is 5.85. The third-order valence-electron chi connectivity index (χ3n) is 5.64. The summed E-state index contributed by atoms with van der Waals surface area (Å²) in [6.45, 7) is 7.22. The van der Waals surface area contributed by atoms with E-state index in [2.05, 4.69) is 96.9 Å². The molecule has 0 spiro atoms. The van der Waals surface area contributed by atoms with Crippen molar-refractivity contribution in [2.75, 3.05) is 13.1 Å². The molecule has 0 bridgehead atoms. The Morgan fingerprint density at radius 3 is 1.58 bits per heavy atom. The molecule has 3 nitrogen and oxygen atoms in total. The second kappa shape index (κ2) is 15.1. The first-order valence-electron chi connectivity index (χ1n) is 11.3. The highest BCUT2D eigenvalue weighted by atomic mass is 35.5. The zero-order chi connectivity index (χ0) is 21.9. The molecule has 0 saturated heterocycles. The van der Waals surface area contributed by atoms with Crippen LogP contribution in [0.2, 0.25) is 0 Å². The SMILES string of the molecule is CC(C)CNCC(O)(CCc1ccccc1)N(Cc1ccccc1)Cc1ccccc1.Cl.Cl. The number of benzene rings is 3. The van der Waals surface area contributed by atoms with Crippen molar-refractivity contribution < 1.29 is 5.11 Å². The zero-order valence-electron chi connectivity index (χ0n) is 19.7. The van der Waals surface area contributed by atoms with Gasteiger partial charge in [0.15, 0.2) is 0 Å². The van der Waals surface area contributed by atoms with Crippen LogP contribution in [0.4, 0.5) is 0 Å². The van der Waals surface area contributed by atoms with Gasteiger partial charge in [-0.05, 0) is 42.0 Å². The van der Waals surface area contributed by atoms with Crippen LogP contribution < -0.4 is 5.32 Å². The van der Waals surface area contributed by atoms with Gasteiger partial charge < -0.3 is 10.4 Å². The minimum Gasteiger partial charge on any atom is -0.374 e. The highest BCUT2D eigenvalue weighted by Crippen LogP contribution is 2.25. The second-order valence-corrected chi connectivity index (χ2v) is 8.82. The predicted molar refractivity (Wildman–Crippen MR) is 144 cm³/mol. The molecular formula is C28H38Cl2N2O. The van der Waals surface area contributed by atoms with Crippen LogP contribution in [-0.2, 0) is 19.5 Å². The van der Waals surface area contributed by atoms with Crippen LogP contribution in [0.15, 0.2) is 91.0 Å². The fraction of sp³-hybridized carbons (Fsp3) is 0.357. The lowest BCUT2D eigenvalue weighted by molar-refractivity contribution is -0.122. The van der Waals surface area contributed by atoms with Gasteiger partial charge in [0.05, 0.1) is 0 Å². The van der Waals surface area contributed by atoms with Gasteiger partial charge >= 0.3 is 0 Å². The van der Waals surface area contributed by atoms with Crippen LogP contribution in [0, 0.1) is 5.92 Å². The molecule has 180 valence electrons. The number of aliphatic hydroxyl groups is 1. The Morgan fingerprint density at radius 1 is 0.727 bits per heavy atom. The van der Waals surface area contributed by atoms with Gasteiger partial charge in [0, 0.05) is 19.6 Å². The smallest absolute Gasteiger partial charge is 0.131 e. The van der Waals surface area contributed by atoms with E-state index in [0.29, 0.717) is 32.0 Å². The summed E-state index contributed by atoms with van der Waals surface area (Å²) in [5.41, 5.74) is 2.71. The molecule has 3 aromatic carbocycles. The van der Waals surface area contributed by atoms with Gasteiger partial charge in [0.25, 0.3) is 0 Å². The Balaban J connectivity index is 0.00000272. The molecule has 33 heavy (non-hydrogen) atoms. The summed E-state index contributed by atoms with van der Waals surface area (Å²) in [4.78, 5) is 2.23. The second-order valence-electron chi connectivity index (χ2n) is 8.82. The van der Waals surface area contributed by atoms with E-state index >= 15 is 0 Å². The standard InChI is InChI=1S/C28H36N2O.2ClH/c1-24(2)20-29-23-28(31,19-18-25-12-6-3-7-13-25)30(21-26-14-8-4-9-15-26)22-27-16-10-5-11-17-27;;/h3-17,24,29,31H,18-23H2,1-2H3;2*1H. The average Bonchev–Trinajstić information content (AvgIpc) is 2.79. The van der Waals surface area contributed by atoms with Crippen LogP contribution in [-0.4, -0.2) is 28.8 Å². The van der Waals surface area contributed by atoms with E-state index in [-0.39, 0.29) is 24.8 Å². The first kappa shape index (κ1) is 29.2. The van der Waals surface area contributed by atoms with E-state index in [9.17, 15) is 5.11 Å². The summed E-state index contributed by atoms with van der Waals surface area (Å²) in [5, 5.41) is 15.6. The quantitative estimate of drug-likeness (QED) is 0.302. The molecular weight excluding hydrogens is 451 g/mol. The van der Waals surface area contributed by atoms with Crippen LogP contribution in [0.3, 0.4) is 0 Å². The Morgan fingerprint density at radius 2 is 1.15 bits per heavy atom. The molecule has 0 amide bonds. The van der Waals surface area contributed by atoms with Crippen LogP contribution in [0.25, 0.3) is 0 Å². The summed E-state index contributed by atoms with van der Waals surface area (Å²) >= 11 is 0. The van der Waals surface area contributed by atoms with Crippen LogP contribution in [0.5, 0.6) is 0 Å². The van der Waals surface area contributed by atoms with Gasteiger partial charge in [-0.25, -0.2) is 0 Å². The maximum Gasteiger partial charge on any atom is 0.131 e. The summed E-state index contributed by atoms with van der Waals surface area (Å²) in [7, 11) is 0. The number of halogens is 2. The third-order valence-corrected chi connectivity index (χ3v) is 5.64. The molecule has 1 unspecified atom stereocenters. The molecule has 2 N–H and O–H groups in total. The number of hydrogen-bond acceptors (Lipinski definition) is 3. The Hall–Kier alpha value is -1.88. The molecule has 0 aliphatic rings. The molecule has 0 aliphatic carbocycles. The van der Waals surface area contributed by atoms with Crippen molar-refractivity contribution in [3.05, 3.63) is 108 Å². The Kier molecular flexibility index (Phi) is 13.3. The fourth-order valence-corrected chi connectivity index (χ4v) is 3.87. The van der Waals surface area contributed by atoms with E-state index in [0.717, 1.165) is 13.0 Å². The van der Waals surface area contributed by atoms with E-state index in [4.69, 9.17) is 0 Å². The summed E-state index contributed by atoms with van der Waals surface area (Å²) in [6, 6.07) is 31.3. The van der Waals surface area contributed by atoms with Crippen molar-refractivity contribution in [2.45, 2.75) is 45.5 Å². The molecule has 0 saturated carbocycles. The van der Waals surface area contributed by atoms with Crippen LogP contribution >= 0.6 is 24.8 Å². The maximum atomic E-state index is 12.0. The van der Waals surface area contributed by atoms with Gasteiger partial charge in [0.1, 0.15) is 5.72 Å². The average molecular weight is 490 g/mol. The lowest BCUT2D eigenvalue weighted by Crippen LogP contribution is -2.55. The zero-order valence-corrected chi connectivity index (χ0v) is 21.3. The topological polar surface area (TPSA) is 35.5 Å². The third kappa shape index (κ3) is 9.87. The molecule has 5 heteroatoms. The largest absolute Gasteiger partial charge is 0.374 e. The Labute approximate surface area is 212 Å². The summed E-state index contributed by atoms with van der Waals surface area (Å²) < 4.78 is 0. The van der Waals surface area contributed by atoms with Gasteiger partial charge in [-0.3, -0.25) is 4.90 Å². The molecule has 0 radical (unpaired) electrons. The number of nitrogens with zero attached hydrogens (tertiary/aromatic N) is 1. The minimum atomic E-state index is -0.962. The van der Waals surface area contributed by atoms with Crippen molar-refractivity contribution in [2.24, 2.45) is 5.92 Å². The molecule has 0 fully saturated rings.